The Bertz CT molecular complexity index is 661. The number of carbonyl (C=O) groups is 3. The molecule has 0 saturated heterocycles. The minimum atomic E-state index is -0.892. The molecule has 0 radical (unpaired) electrons. The number of hydrazine groups is 1. The second kappa shape index (κ2) is 17.9. The molecule has 0 bridgehead atoms. The highest BCUT2D eigenvalue weighted by molar-refractivity contribution is 5.87. The van der Waals surface area contributed by atoms with Gasteiger partial charge in [0.25, 0.3) is 5.91 Å². The minimum absolute atomic E-state index is 0.0265. The van der Waals surface area contributed by atoms with Gasteiger partial charge in [0.15, 0.2) is 0 Å². The molecule has 0 aliphatic rings. The van der Waals surface area contributed by atoms with Crippen LogP contribution in [0.2, 0.25) is 0 Å². The van der Waals surface area contributed by atoms with Crippen molar-refractivity contribution in [3.63, 3.8) is 0 Å². The summed E-state index contributed by atoms with van der Waals surface area (Å²) in [6.45, 7) is 3.46. The van der Waals surface area contributed by atoms with Crippen molar-refractivity contribution in [1.29, 1.82) is 0 Å². The Hall–Kier alpha value is -2.73. The van der Waals surface area contributed by atoms with Crippen LogP contribution in [0.3, 0.4) is 0 Å². The van der Waals surface area contributed by atoms with Crippen LogP contribution >= 0.6 is 0 Å². The number of benzene rings is 1. The average Bonchev–Trinajstić information content (AvgIpc) is 2.81. The fraction of sp³-hybridized carbons (Fsp3) is 0.571. The van der Waals surface area contributed by atoms with E-state index in [1.54, 1.807) is 0 Å². The Morgan fingerprint density at radius 3 is 2.47 bits per heavy atom. The quantitative estimate of drug-likeness (QED) is 0.113. The molecule has 0 fully saturated rings. The topological polar surface area (TPSA) is 150 Å². The Morgan fingerprint density at radius 2 is 1.75 bits per heavy atom. The molecule has 0 aliphatic carbocycles. The first-order valence-corrected chi connectivity index (χ1v) is 10.5. The number of nitrogens with two attached hydrogens (primary N) is 1. The van der Waals surface area contributed by atoms with Gasteiger partial charge in [-0.1, -0.05) is 43.7 Å². The second-order valence-electron chi connectivity index (χ2n) is 6.71. The maximum atomic E-state index is 11.9. The highest BCUT2D eigenvalue weighted by atomic mass is 16.6. The van der Waals surface area contributed by atoms with Gasteiger partial charge in [0.05, 0.1) is 26.4 Å². The largest absolute Gasteiger partial charge is 0.445 e. The first-order chi connectivity index (χ1) is 15.6. The van der Waals surface area contributed by atoms with E-state index in [0.29, 0.717) is 6.61 Å². The van der Waals surface area contributed by atoms with Crippen LogP contribution in [0.5, 0.6) is 0 Å². The standard InChI is InChI=1S/C21H34N4O7/c1-2-3-10-30-15-18(20(27)25-22)24-19(26)16-31-13-12-29-11-9-23-21(28)32-14-17-7-5-4-6-8-17/h4-8,18H,2-3,9-16,22H2,1H3,(H,23,28)(H,24,26)(H,25,27)/t18-/m0/s1. The molecule has 0 saturated carbocycles. The van der Waals surface area contributed by atoms with Crippen LogP contribution in [-0.4, -0.2) is 70.1 Å². The number of nitrogens with one attached hydrogen (secondary N) is 3. The highest BCUT2D eigenvalue weighted by Gasteiger charge is 2.20. The van der Waals surface area contributed by atoms with Crippen molar-refractivity contribution in [2.45, 2.75) is 32.4 Å². The first kappa shape index (κ1) is 27.3. The van der Waals surface area contributed by atoms with Crippen LogP contribution in [0.15, 0.2) is 30.3 Å². The molecule has 0 heterocycles. The Balaban J connectivity index is 2.04. The third kappa shape index (κ3) is 13.5. The molecule has 180 valence electrons. The van der Waals surface area contributed by atoms with E-state index < -0.39 is 23.9 Å². The molecule has 1 aromatic carbocycles. The van der Waals surface area contributed by atoms with Crippen molar-refractivity contribution >= 4 is 17.9 Å². The molecule has 0 unspecified atom stereocenters. The van der Waals surface area contributed by atoms with E-state index in [0.717, 1.165) is 18.4 Å². The van der Waals surface area contributed by atoms with Crippen molar-refractivity contribution in [3.05, 3.63) is 35.9 Å². The monoisotopic (exact) mass is 454 g/mol. The Morgan fingerprint density at radius 1 is 1.00 bits per heavy atom. The van der Waals surface area contributed by atoms with Gasteiger partial charge in [-0.15, -0.1) is 0 Å². The normalized spacial score (nSPS) is 11.4. The summed E-state index contributed by atoms with van der Waals surface area (Å²) in [5.41, 5.74) is 2.90. The van der Waals surface area contributed by atoms with Crippen LogP contribution in [0.4, 0.5) is 4.79 Å². The van der Waals surface area contributed by atoms with Crippen LogP contribution < -0.4 is 21.9 Å². The summed E-state index contributed by atoms with van der Waals surface area (Å²) in [4.78, 5) is 35.2. The molecular weight excluding hydrogens is 420 g/mol. The zero-order chi connectivity index (χ0) is 23.4. The van der Waals surface area contributed by atoms with Gasteiger partial charge in [0, 0.05) is 13.2 Å². The molecule has 1 atom stereocenters. The second-order valence-corrected chi connectivity index (χ2v) is 6.71. The van der Waals surface area contributed by atoms with Crippen molar-refractivity contribution in [3.8, 4) is 0 Å². The molecule has 11 nitrogen and oxygen atoms in total. The number of hydrogen-bond donors (Lipinski definition) is 4. The maximum Gasteiger partial charge on any atom is 0.407 e. The molecule has 0 spiro atoms. The minimum Gasteiger partial charge on any atom is -0.445 e. The molecule has 3 amide bonds. The number of rotatable bonds is 17. The summed E-state index contributed by atoms with van der Waals surface area (Å²) in [6.07, 6.45) is 1.29. The van der Waals surface area contributed by atoms with E-state index in [1.807, 2.05) is 42.7 Å². The lowest BCUT2D eigenvalue weighted by molar-refractivity contribution is -0.133. The highest BCUT2D eigenvalue weighted by Crippen LogP contribution is 2.00. The number of hydrogen-bond acceptors (Lipinski definition) is 8. The maximum absolute atomic E-state index is 11.9. The van der Waals surface area contributed by atoms with Gasteiger partial charge in [0.1, 0.15) is 19.3 Å². The molecule has 0 aliphatic heterocycles. The van der Waals surface area contributed by atoms with Crippen molar-refractivity contribution in [2.75, 3.05) is 46.2 Å². The molecule has 32 heavy (non-hydrogen) atoms. The lowest BCUT2D eigenvalue weighted by Crippen LogP contribution is -2.52. The van der Waals surface area contributed by atoms with E-state index in [4.69, 9.17) is 24.8 Å². The van der Waals surface area contributed by atoms with Crippen molar-refractivity contribution in [2.24, 2.45) is 5.84 Å². The predicted molar refractivity (Wildman–Crippen MR) is 116 cm³/mol. The number of alkyl carbamates (subject to hydrolysis) is 1. The zero-order valence-corrected chi connectivity index (χ0v) is 18.5. The van der Waals surface area contributed by atoms with Gasteiger partial charge < -0.3 is 29.6 Å². The summed E-state index contributed by atoms with van der Waals surface area (Å²) in [7, 11) is 0. The predicted octanol–water partition coefficient (Wildman–Crippen LogP) is 0.237. The van der Waals surface area contributed by atoms with Gasteiger partial charge in [0.2, 0.25) is 5.91 Å². The van der Waals surface area contributed by atoms with Crippen LogP contribution in [0.25, 0.3) is 0 Å². The number of unbranched alkanes of at least 4 members (excludes halogenated alkanes) is 1. The van der Waals surface area contributed by atoms with E-state index in [-0.39, 0.29) is 46.2 Å². The van der Waals surface area contributed by atoms with Gasteiger partial charge >= 0.3 is 6.09 Å². The Kier molecular flexibility index (Phi) is 15.3. The SMILES string of the molecule is CCCCOC[C@H](NC(=O)COCCOCCNC(=O)OCc1ccccc1)C(=O)NN. The number of ether oxygens (including phenoxy) is 4. The van der Waals surface area contributed by atoms with Gasteiger partial charge in [-0.2, -0.15) is 0 Å². The lowest BCUT2D eigenvalue weighted by atomic mass is 10.2. The summed E-state index contributed by atoms with van der Waals surface area (Å²) in [5.74, 6) is 4.11. The summed E-state index contributed by atoms with van der Waals surface area (Å²) in [5, 5.41) is 5.08. The molecule has 1 aromatic rings. The van der Waals surface area contributed by atoms with E-state index in [1.165, 1.54) is 0 Å². The number of amides is 3. The van der Waals surface area contributed by atoms with Crippen molar-refractivity contribution < 1.29 is 33.3 Å². The average molecular weight is 455 g/mol. The lowest BCUT2D eigenvalue weighted by Gasteiger charge is -2.17. The molecular formula is C21H34N4O7. The molecule has 11 heteroatoms. The number of carbonyl (C=O) groups excluding carboxylic acids is 3. The van der Waals surface area contributed by atoms with Gasteiger partial charge in [-0.3, -0.25) is 15.0 Å². The molecule has 0 aromatic heterocycles. The molecule has 1 rings (SSSR count). The third-order valence-electron chi connectivity index (χ3n) is 4.05. The summed E-state index contributed by atoms with van der Waals surface area (Å²) >= 11 is 0. The molecule has 5 N–H and O–H groups in total. The van der Waals surface area contributed by atoms with Crippen molar-refractivity contribution in [1.82, 2.24) is 16.1 Å². The van der Waals surface area contributed by atoms with Crippen LogP contribution in [0, 0.1) is 0 Å². The zero-order valence-electron chi connectivity index (χ0n) is 18.5. The summed E-state index contributed by atoms with van der Waals surface area (Å²) < 4.78 is 21.0. The Labute approximate surface area is 188 Å². The van der Waals surface area contributed by atoms with E-state index in [2.05, 4.69) is 10.6 Å². The fourth-order valence-corrected chi connectivity index (χ4v) is 2.35. The fourth-order valence-electron chi connectivity index (χ4n) is 2.35. The smallest absolute Gasteiger partial charge is 0.407 e. The van der Waals surface area contributed by atoms with Crippen LogP contribution in [-0.2, 0) is 35.1 Å². The van der Waals surface area contributed by atoms with Gasteiger partial charge in [-0.25, -0.2) is 10.6 Å². The van der Waals surface area contributed by atoms with Gasteiger partial charge in [-0.05, 0) is 12.0 Å². The third-order valence-corrected chi connectivity index (χ3v) is 4.05. The van der Waals surface area contributed by atoms with E-state index >= 15 is 0 Å². The first-order valence-electron chi connectivity index (χ1n) is 10.5. The van der Waals surface area contributed by atoms with E-state index in [9.17, 15) is 14.4 Å². The summed E-state index contributed by atoms with van der Waals surface area (Å²) in [6, 6.07) is 8.47. The van der Waals surface area contributed by atoms with Crippen LogP contribution in [0.1, 0.15) is 25.3 Å².